The smallest absolute Gasteiger partial charge is 0.306 e. The first-order valence-corrected chi connectivity index (χ1v) is 9.17. The number of benzene rings is 2. The summed E-state index contributed by atoms with van der Waals surface area (Å²) in [5.74, 6) is -0.283. The monoisotopic (exact) mass is 385 g/mol. The molecule has 0 fully saturated rings. The van der Waals surface area contributed by atoms with Crippen molar-refractivity contribution in [2.24, 2.45) is 11.8 Å². The normalized spacial score (nSPS) is 12.7. The van der Waals surface area contributed by atoms with E-state index in [0.29, 0.717) is 30.0 Å². The van der Waals surface area contributed by atoms with Gasteiger partial charge in [-0.2, -0.15) is 0 Å². The zero-order valence-electron chi connectivity index (χ0n) is 16.7. The van der Waals surface area contributed by atoms with Gasteiger partial charge in [0.1, 0.15) is 0 Å². The molecule has 0 heterocycles. The molecule has 2 aromatic carbocycles. The molecule has 0 aliphatic rings. The fraction of sp³-hybridized carbons (Fsp3) is 0.364. The summed E-state index contributed by atoms with van der Waals surface area (Å²) in [6, 6.07) is 12.9. The first-order chi connectivity index (χ1) is 13.3. The Hall–Kier alpha value is -3.02. The van der Waals surface area contributed by atoms with Crippen LogP contribution in [0.1, 0.15) is 25.0 Å². The Kier molecular flexibility index (Phi) is 7.44. The molecular formula is C22H27NO5. The van der Waals surface area contributed by atoms with Crippen molar-refractivity contribution in [3.63, 3.8) is 0 Å². The van der Waals surface area contributed by atoms with Gasteiger partial charge in [-0.3, -0.25) is 9.59 Å². The zero-order chi connectivity index (χ0) is 20.7. The molecule has 0 radical (unpaired) electrons. The van der Waals surface area contributed by atoms with Gasteiger partial charge in [0.05, 0.1) is 20.1 Å². The Bertz CT molecular complexity index is 816. The van der Waals surface area contributed by atoms with E-state index in [1.165, 1.54) is 0 Å². The fourth-order valence-corrected chi connectivity index (χ4v) is 2.88. The van der Waals surface area contributed by atoms with Crippen LogP contribution in [0.15, 0.2) is 42.5 Å². The fourth-order valence-electron chi connectivity index (χ4n) is 2.88. The summed E-state index contributed by atoms with van der Waals surface area (Å²) in [7, 11) is 3.17. The SMILES string of the molecule is COc1ccc(CC(C)C(=O)Nc2ccc(CC(C)C(=O)O)cc2)cc1OC. The largest absolute Gasteiger partial charge is 0.493 e. The summed E-state index contributed by atoms with van der Waals surface area (Å²) in [5, 5.41) is 11.9. The maximum atomic E-state index is 12.5. The van der Waals surface area contributed by atoms with Crippen LogP contribution in [0.5, 0.6) is 11.5 Å². The van der Waals surface area contributed by atoms with Crippen LogP contribution in [0.3, 0.4) is 0 Å². The second-order valence-electron chi connectivity index (χ2n) is 6.92. The van der Waals surface area contributed by atoms with Gasteiger partial charge in [-0.05, 0) is 48.2 Å². The summed E-state index contributed by atoms with van der Waals surface area (Å²) < 4.78 is 10.5. The molecule has 1 amide bonds. The Morgan fingerprint density at radius 3 is 2.04 bits per heavy atom. The van der Waals surface area contributed by atoms with Crippen LogP contribution < -0.4 is 14.8 Å². The van der Waals surface area contributed by atoms with Crippen molar-refractivity contribution in [2.75, 3.05) is 19.5 Å². The van der Waals surface area contributed by atoms with Crippen molar-refractivity contribution in [1.82, 2.24) is 0 Å². The van der Waals surface area contributed by atoms with E-state index in [2.05, 4.69) is 5.32 Å². The van der Waals surface area contributed by atoms with E-state index in [1.54, 1.807) is 33.3 Å². The van der Waals surface area contributed by atoms with Crippen LogP contribution in [-0.2, 0) is 22.4 Å². The molecule has 0 saturated heterocycles. The highest BCUT2D eigenvalue weighted by Crippen LogP contribution is 2.28. The number of carboxylic acids is 1. The van der Waals surface area contributed by atoms with Crippen LogP contribution in [0, 0.1) is 11.8 Å². The molecule has 6 nitrogen and oxygen atoms in total. The van der Waals surface area contributed by atoms with Gasteiger partial charge < -0.3 is 19.9 Å². The Balaban J connectivity index is 1.96. The van der Waals surface area contributed by atoms with E-state index in [-0.39, 0.29) is 11.8 Å². The highest BCUT2D eigenvalue weighted by atomic mass is 16.5. The van der Waals surface area contributed by atoms with E-state index in [9.17, 15) is 9.59 Å². The molecule has 6 heteroatoms. The lowest BCUT2D eigenvalue weighted by atomic mass is 9.99. The predicted molar refractivity (Wildman–Crippen MR) is 108 cm³/mol. The Labute approximate surface area is 165 Å². The van der Waals surface area contributed by atoms with Gasteiger partial charge >= 0.3 is 5.97 Å². The van der Waals surface area contributed by atoms with Gasteiger partial charge in [0.15, 0.2) is 11.5 Å². The molecule has 2 unspecified atom stereocenters. The number of carbonyl (C=O) groups excluding carboxylic acids is 1. The zero-order valence-corrected chi connectivity index (χ0v) is 16.7. The van der Waals surface area contributed by atoms with E-state index < -0.39 is 11.9 Å². The molecule has 0 bridgehead atoms. The highest BCUT2D eigenvalue weighted by molar-refractivity contribution is 5.92. The number of rotatable bonds is 9. The predicted octanol–water partition coefficient (Wildman–Crippen LogP) is 3.78. The molecule has 150 valence electrons. The number of hydrogen-bond donors (Lipinski definition) is 2. The standard InChI is InChI=1S/C22H27NO5/c1-14(11-17-7-10-19(27-3)20(13-17)28-4)21(24)23-18-8-5-16(6-9-18)12-15(2)22(25)26/h5-10,13-15H,11-12H2,1-4H3,(H,23,24)(H,25,26). The average molecular weight is 385 g/mol. The molecule has 0 saturated carbocycles. The third kappa shape index (κ3) is 5.74. The number of nitrogens with one attached hydrogen (secondary N) is 1. The number of carbonyl (C=O) groups is 2. The molecular weight excluding hydrogens is 358 g/mol. The number of anilines is 1. The van der Waals surface area contributed by atoms with Crippen LogP contribution >= 0.6 is 0 Å². The molecule has 0 aliphatic carbocycles. The lowest BCUT2D eigenvalue weighted by Crippen LogP contribution is -2.22. The van der Waals surface area contributed by atoms with Crippen molar-refractivity contribution in [1.29, 1.82) is 0 Å². The average Bonchev–Trinajstić information content (AvgIpc) is 2.69. The van der Waals surface area contributed by atoms with E-state index >= 15 is 0 Å². The molecule has 0 aromatic heterocycles. The maximum absolute atomic E-state index is 12.5. The molecule has 2 rings (SSSR count). The van der Waals surface area contributed by atoms with Crippen LogP contribution in [0.2, 0.25) is 0 Å². The second-order valence-corrected chi connectivity index (χ2v) is 6.92. The molecule has 2 atom stereocenters. The third-order valence-corrected chi connectivity index (χ3v) is 4.62. The quantitative estimate of drug-likeness (QED) is 0.686. The molecule has 2 N–H and O–H groups in total. The summed E-state index contributed by atoms with van der Waals surface area (Å²) in [6.07, 6.45) is 1.03. The Morgan fingerprint density at radius 1 is 0.893 bits per heavy atom. The van der Waals surface area contributed by atoms with E-state index in [4.69, 9.17) is 14.6 Å². The Morgan fingerprint density at radius 2 is 1.46 bits per heavy atom. The first kappa shape index (κ1) is 21.3. The molecule has 28 heavy (non-hydrogen) atoms. The summed E-state index contributed by atoms with van der Waals surface area (Å²) in [5.41, 5.74) is 2.60. The topological polar surface area (TPSA) is 84.9 Å². The number of amides is 1. The van der Waals surface area contributed by atoms with Gasteiger partial charge in [0.2, 0.25) is 5.91 Å². The van der Waals surface area contributed by atoms with E-state index in [0.717, 1.165) is 11.1 Å². The molecule has 0 spiro atoms. The van der Waals surface area contributed by atoms with Crippen molar-refractivity contribution >= 4 is 17.6 Å². The maximum Gasteiger partial charge on any atom is 0.306 e. The summed E-state index contributed by atoms with van der Waals surface area (Å²) in [6.45, 7) is 3.54. The second kappa shape index (κ2) is 9.78. The van der Waals surface area contributed by atoms with E-state index in [1.807, 2.05) is 37.3 Å². The van der Waals surface area contributed by atoms with Crippen molar-refractivity contribution < 1.29 is 24.2 Å². The number of hydrogen-bond acceptors (Lipinski definition) is 4. The van der Waals surface area contributed by atoms with Crippen molar-refractivity contribution in [3.8, 4) is 11.5 Å². The van der Waals surface area contributed by atoms with Gasteiger partial charge in [-0.1, -0.05) is 32.0 Å². The number of methoxy groups -OCH3 is 2. The number of carboxylic acid groups (broad SMARTS) is 1. The minimum absolute atomic E-state index is 0.0820. The van der Waals surface area contributed by atoms with Gasteiger partial charge in [0, 0.05) is 11.6 Å². The molecule has 0 aliphatic heterocycles. The van der Waals surface area contributed by atoms with Crippen molar-refractivity contribution in [3.05, 3.63) is 53.6 Å². The van der Waals surface area contributed by atoms with Crippen molar-refractivity contribution in [2.45, 2.75) is 26.7 Å². The third-order valence-electron chi connectivity index (χ3n) is 4.62. The summed E-state index contributed by atoms with van der Waals surface area (Å²) in [4.78, 5) is 23.4. The minimum atomic E-state index is -0.818. The van der Waals surface area contributed by atoms with Gasteiger partial charge in [-0.15, -0.1) is 0 Å². The summed E-state index contributed by atoms with van der Waals surface area (Å²) >= 11 is 0. The highest BCUT2D eigenvalue weighted by Gasteiger charge is 2.16. The van der Waals surface area contributed by atoms with Gasteiger partial charge in [0.25, 0.3) is 0 Å². The van der Waals surface area contributed by atoms with Crippen LogP contribution in [0.25, 0.3) is 0 Å². The lowest BCUT2D eigenvalue weighted by Gasteiger charge is -2.14. The minimum Gasteiger partial charge on any atom is -0.493 e. The lowest BCUT2D eigenvalue weighted by molar-refractivity contribution is -0.141. The van der Waals surface area contributed by atoms with Crippen LogP contribution in [0.4, 0.5) is 5.69 Å². The van der Waals surface area contributed by atoms with Crippen LogP contribution in [-0.4, -0.2) is 31.2 Å². The molecule has 2 aromatic rings. The number of ether oxygens (including phenoxy) is 2. The number of aliphatic carboxylic acids is 1. The van der Waals surface area contributed by atoms with Gasteiger partial charge in [-0.25, -0.2) is 0 Å². The first-order valence-electron chi connectivity index (χ1n) is 9.17.